The first kappa shape index (κ1) is 20.3. The summed E-state index contributed by atoms with van der Waals surface area (Å²) in [5.41, 5.74) is 8.97. The van der Waals surface area contributed by atoms with E-state index < -0.39 is 0 Å². The molecule has 2 heterocycles. The molecule has 0 spiro atoms. The van der Waals surface area contributed by atoms with Gasteiger partial charge in [-0.25, -0.2) is 14.8 Å². The first-order chi connectivity index (χ1) is 15.5. The zero-order valence-corrected chi connectivity index (χ0v) is 18.2. The summed E-state index contributed by atoms with van der Waals surface area (Å²) in [7, 11) is 0. The Morgan fingerprint density at radius 1 is 1.03 bits per heavy atom. The van der Waals surface area contributed by atoms with Crippen molar-refractivity contribution in [2.75, 3.05) is 5.73 Å². The van der Waals surface area contributed by atoms with E-state index in [-0.39, 0.29) is 11.5 Å². The molecule has 5 rings (SSSR count). The van der Waals surface area contributed by atoms with E-state index in [1.807, 2.05) is 36.4 Å². The third kappa shape index (κ3) is 4.23. The van der Waals surface area contributed by atoms with Crippen molar-refractivity contribution < 1.29 is 4.74 Å². The molecule has 0 unspecified atom stereocenters. The van der Waals surface area contributed by atoms with Gasteiger partial charge in [-0.05, 0) is 61.1 Å². The normalized spacial score (nSPS) is 13.9. The lowest BCUT2D eigenvalue weighted by atomic mass is 9.81. The van der Waals surface area contributed by atoms with Gasteiger partial charge in [-0.15, -0.1) is 0 Å². The fraction of sp³-hybridized carbons (Fsp3) is 0.320. The minimum Gasteiger partial charge on any atom is -0.457 e. The molecule has 2 aromatic carbocycles. The van der Waals surface area contributed by atoms with E-state index in [1.54, 1.807) is 11.5 Å². The van der Waals surface area contributed by atoms with Crippen molar-refractivity contribution in [2.24, 2.45) is 5.92 Å². The van der Waals surface area contributed by atoms with Crippen LogP contribution in [0.1, 0.15) is 42.6 Å². The van der Waals surface area contributed by atoms with Gasteiger partial charge < -0.3 is 15.5 Å². The Bertz CT molecular complexity index is 1290. The number of nitrogens with zero attached hydrogens (tertiary/aromatic N) is 3. The van der Waals surface area contributed by atoms with E-state index in [1.165, 1.54) is 31.2 Å². The highest BCUT2D eigenvalue weighted by Gasteiger charge is 2.16. The number of imidazole rings is 1. The van der Waals surface area contributed by atoms with Crippen molar-refractivity contribution in [3.8, 4) is 11.5 Å². The van der Waals surface area contributed by atoms with Gasteiger partial charge in [0, 0.05) is 0 Å². The highest BCUT2D eigenvalue weighted by molar-refractivity contribution is 5.81. The molecule has 0 radical (unpaired) electrons. The second kappa shape index (κ2) is 8.49. The van der Waals surface area contributed by atoms with Crippen LogP contribution in [0.4, 0.5) is 5.82 Å². The molecule has 0 bridgehead atoms. The van der Waals surface area contributed by atoms with Crippen LogP contribution in [-0.2, 0) is 13.0 Å². The van der Waals surface area contributed by atoms with Crippen LogP contribution in [0.5, 0.6) is 11.5 Å². The van der Waals surface area contributed by atoms with Gasteiger partial charge in [0.25, 0.3) is 0 Å². The first-order valence-electron chi connectivity index (χ1n) is 11.1. The van der Waals surface area contributed by atoms with Crippen molar-refractivity contribution in [3.05, 3.63) is 76.0 Å². The average Bonchev–Trinajstić information content (AvgIpc) is 3.05. The Balaban J connectivity index is 1.25. The number of nitrogens with one attached hydrogen (secondary N) is 1. The number of H-pyrrole nitrogens is 1. The molecule has 0 saturated heterocycles. The molecule has 7 heteroatoms. The Morgan fingerprint density at radius 3 is 2.31 bits per heavy atom. The number of benzene rings is 2. The van der Waals surface area contributed by atoms with Gasteiger partial charge in [-0.2, -0.15) is 0 Å². The summed E-state index contributed by atoms with van der Waals surface area (Å²) in [6, 6.07) is 16.1. The van der Waals surface area contributed by atoms with Gasteiger partial charge in [0.2, 0.25) is 0 Å². The van der Waals surface area contributed by atoms with Gasteiger partial charge >= 0.3 is 5.69 Å². The first-order valence-corrected chi connectivity index (χ1v) is 11.1. The second-order valence-corrected chi connectivity index (χ2v) is 8.60. The second-order valence-electron chi connectivity index (χ2n) is 8.60. The van der Waals surface area contributed by atoms with Gasteiger partial charge in [-0.3, -0.25) is 4.57 Å². The lowest BCUT2D eigenvalue weighted by molar-refractivity contribution is 0.296. The van der Waals surface area contributed by atoms with Crippen molar-refractivity contribution in [2.45, 2.75) is 45.6 Å². The standard InChI is InChI=1S/C25H27N5O2/c1-16-27-23(26)22-24(28-16)30(25(31)29-22)15-19-9-13-21(14-10-19)32-20-11-7-18(8-12-20)6-5-17-3-2-4-17/h7-14,17H,2-6,15H2,1H3,(H,29,31)(H2,26,27,28). The summed E-state index contributed by atoms with van der Waals surface area (Å²) >= 11 is 0. The number of hydrogen-bond donors (Lipinski definition) is 2. The highest BCUT2D eigenvalue weighted by Crippen LogP contribution is 2.31. The summed E-state index contributed by atoms with van der Waals surface area (Å²) in [4.78, 5) is 23.6. The molecule has 0 amide bonds. The monoisotopic (exact) mass is 429 g/mol. The molecular formula is C25H27N5O2. The molecule has 0 aliphatic heterocycles. The number of fused-ring (bicyclic) bond motifs is 1. The molecule has 1 aliphatic carbocycles. The number of anilines is 1. The minimum absolute atomic E-state index is 0.260. The zero-order valence-electron chi connectivity index (χ0n) is 18.2. The fourth-order valence-electron chi connectivity index (χ4n) is 4.17. The van der Waals surface area contributed by atoms with E-state index >= 15 is 0 Å². The molecule has 1 aliphatic rings. The van der Waals surface area contributed by atoms with Gasteiger partial charge in [0.05, 0.1) is 6.54 Å². The molecule has 4 aromatic rings. The van der Waals surface area contributed by atoms with Crippen LogP contribution in [0, 0.1) is 12.8 Å². The van der Waals surface area contributed by atoms with E-state index in [0.29, 0.717) is 23.5 Å². The topological polar surface area (TPSA) is 98.8 Å². The number of ether oxygens (including phenoxy) is 1. The third-order valence-electron chi connectivity index (χ3n) is 6.25. The number of aromatic amines is 1. The van der Waals surface area contributed by atoms with Crippen molar-refractivity contribution in [3.63, 3.8) is 0 Å². The molecular weight excluding hydrogens is 402 g/mol. The molecule has 0 atom stereocenters. The Morgan fingerprint density at radius 2 is 1.69 bits per heavy atom. The van der Waals surface area contributed by atoms with E-state index in [2.05, 4.69) is 27.1 Å². The van der Waals surface area contributed by atoms with Crippen molar-refractivity contribution in [1.82, 2.24) is 19.5 Å². The quantitative estimate of drug-likeness (QED) is 0.448. The average molecular weight is 430 g/mol. The maximum atomic E-state index is 12.4. The molecule has 2 aromatic heterocycles. The summed E-state index contributed by atoms with van der Waals surface area (Å²) in [6.07, 6.45) is 6.63. The Labute approximate surface area is 186 Å². The largest absolute Gasteiger partial charge is 0.457 e. The van der Waals surface area contributed by atoms with Crippen LogP contribution in [-0.4, -0.2) is 19.5 Å². The van der Waals surface area contributed by atoms with Crippen LogP contribution in [0.2, 0.25) is 0 Å². The van der Waals surface area contributed by atoms with Crippen LogP contribution >= 0.6 is 0 Å². The number of hydrogen-bond acceptors (Lipinski definition) is 5. The van der Waals surface area contributed by atoms with Crippen LogP contribution < -0.4 is 16.2 Å². The maximum absolute atomic E-state index is 12.4. The number of aromatic nitrogens is 4. The van der Waals surface area contributed by atoms with E-state index in [4.69, 9.17) is 10.5 Å². The smallest absolute Gasteiger partial charge is 0.328 e. The number of nitrogen functional groups attached to an aromatic ring is 1. The predicted molar refractivity (Wildman–Crippen MR) is 125 cm³/mol. The summed E-state index contributed by atoms with van der Waals surface area (Å²) in [6.45, 7) is 2.13. The molecule has 164 valence electrons. The third-order valence-corrected chi connectivity index (χ3v) is 6.25. The van der Waals surface area contributed by atoms with Crippen LogP contribution in [0.25, 0.3) is 11.2 Å². The van der Waals surface area contributed by atoms with Crippen LogP contribution in [0.15, 0.2) is 53.3 Å². The lowest BCUT2D eigenvalue weighted by Crippen LogP contribution is -2.17. The van der Waals surface area contributed by atoms with Gasteiger partial charge in [0.15, 0.2) is 11.5 Å². The number of rotatable bonds is 7. The molecule has 3 N–H and O–H groups in total. The van der Waals surface area contributed by atoms with E-state index in [9.17, 15) is 4.79 Å². The summed E-state index contributed by atoms with van der Waals surface area (Å²) < 4.78 is 7.56. The van der Waals surface area contributed by atoms with Gasteiger partial charge in [-0.1, -0.05) is 43.5 Å². The van der Waals surface area contributed by atoms with Crippen molar-refractivity contribution >= 4 is 17.0 Å². The Hall–Kier alpha value is -3.61. The number of aryl methyl sites for hydroxylation is 2. The summed E-state index contributed by atoms with van der Waals surface area (Å²) in [5.74, 6) is 3.31. The molecule has 32 heavy (non-hydrogen) atoms. The minimum atomic E-state index is -0.260. The molecule has 1 saturated carbocycles. The molecule has 7 nitrogen and oxygen atoms in total. The van der Waals surface area contributed by atoms with Crippen molar-refractivity contribution in [1.29, 1.82) is 0 Å². The fourth-order valence-corrected chi connectivity index (χ4v) is 4.17. The van der Waals surface area contributed by atoms with Crippen LogP contribution in [0.3, 0.4) is 0 Å². The Kier molecular flexibility index (Phi) is 5.39. The molecule has 1 fully saturated rings. The number of nitrogens with two attached hydrogens (primary N) is 1. The maximum Gasteiger partial charge on any atom is 0.328 e. The highest BCUT2D eigenvalue weighted by atomic mass is 16.5. The van der Waals surface area contributed by atoms with E-state index in [0.717, 1.165) is 29.4 Å². The lowest BCUT2D eigenvalue weighted by Gasteiger charge is -2.25. The SMILES string of the molecule is Cc1nc(N)c2[nH]c(=O)n(Cc3ccc(Oc4ccc(CCC5CCC5)cc4)cc3)c2n1. The zero-order chi connectivity index (χ0) is 22.1. The predicted octanol–water partition coefficient (Wildman–Crippen LogP) is 4.58. The van der Waals surface area contributed by atoms with Gasteiger partial charge in [0.1, 0.15) is 22.8 Å². The summed E-state index contributed by atoms with van der Waals surface area (Å²) in [5, 5.41) is 0.